The number of aromatic nitrogens is 2. The van der Waals surface area contributed by atoms with Crippen molar-refractivity contribution in [3.8, 4) is 5.75 Å². The molecule has 0 aliphatic rings. The highest BCUT2D eigenvalue weighted by Crippen LogP contribution is 2.12. The summed E-state index contributed by atoms with van der Waals surface area (Å²) in [6, 6.07) is 10.6. The van der Waals surface area contributed by atoms with Crippen LogP contribution in [0.2, 0.25) is 0 Å². The van der Waals surface area contributed by atoms with Crippen LogP contribution < -0.4 is 10.1 Å². The topological polar surface area (TPSA) is 39.1 Å². The molecule has 4 nitrogen and oxygen atoms in total. The molecule has 1 aromatic carbocycles. The lowest BCUT2D eigenvalue weighted by atomic mass is 10.2. The average molecular weight is 296 g/mol. The maximum absolute atomic E-state index is 5.22. The quantitative estimate of drug-likeness (QED) is 0.889. The zero-order chi connectivity index (χ0) is 13.7. The first-order valence-electron chi connectivity index (χ1n) is 6.56. The van der Waals surface area contributed by atoms with Crippen molar-refractivity contribution in [2.24, 2.45) is 0 Å². The van der Waals surface area contributed by atoms with Crippen LogP contribution in [0.15, 0.2) is 36.5 Å². The van der Waals surface area contributed by atoms with Crippen LogP contribution in [0.5, 0.6) is 5.75 Å². The van der Waals surface area contributed by atoms with Gasteiger partial charge in [-0.3, -0.25) is 4.68 Å². The molecular formula is C15H22ClN3O. The molecule has 0 atom stereocenters. The second-order valence-electron chi connectivity index (χ2n) is 4.82. The van der Waals surface area contributed by atoms with Gasteiger partial charge in [0.2, 0.25) is 0 Å². The van der Waals surface area contributed by atoms with Crippen molar-refractivity contribution in [1.29, 1.82) is 0 Å². The summed E-state index contributed by atoms with van der Waals surface area (Å²) in [4.78, 5) is 0. The predicted molar refractivity (Wildman–Crippen MR) is 83.4 cm³/mol. The van der Waals surface area contributed by atoms with Crippen molar-refractivity contribution in [2.45, 2.75) is 33.0 Å². The molecule has 0 unspecified atom stereocenters. The molecular weight excluding hydrogens is 274 g/mol. The summed E-state index contributed by atoms with van der Waals surface area (Å²) in [6.45, 7) is 5.91. The molecule has 0 spiro atoms. The fourth-order valence-corrected chi connectivity index (χ4v) is 2.06. The lowest BCUT2D eigenvalue weighted by molar-refractivity contribution is 0.414. The molecule has 0 bridgehead atoms. The lowest BCUT2D eigenvalue weighted by Gasteiger charge is -2.12. The molecule has 110 valence electrons. The van der Waals surface area contributed by atoms with E-state index in [-0.39, 0.29) is 12.4 Å². The minimum atomic E-state index is 0. The van der Waals surface area contributed by atoms with Crippen molar-refractivity contribution >= 4 is 12.4 Å². The molecule has 1 N–H and O–H groups in total. The number of nitrogens with zero attached hydrogens (tertiary/aromatic N) is 2. The predicted octanol–water partition coefficient (Wildman–Crippen LogP) is 3.18. The van der Waals surface area contributed by atoms with Gasteiger partial charge in [0.05, 0.1) is 12.8 Å². The van der Waals surface area contributed by atoms with Gasteiger partial charge >= 0.3 is 0 Å². The number of hydrogen-bond acceptors (Lipinski definition) is 3. The first kappa shape index (κ1) is 16.5. The first-order valence-corrected chi connectivity index (χ1v) is 6.56. The van der Waals surface area contributed by atoms with Crippen LogP contribution in [0.25, 0.3) is 0 Å². The van der Waals surface area contributed by atoms with Crippen LogP contribution in [0.3, 0.4) is 0 Å². The monoisotopic (exact) mass is 295 g/mol. The summed E-state index contributed by atoms with van der Waals surface area (Å²) < 4.78 is 7.26. The van der Waals surface area contributed by atoms with Gasteiger partial charge in [0.15, 0.2) is 0 Å². The molecule has 2 rings (SSSR count). The third-order valence-electron chi connectivity index (χ3n) is 3.01. The third-order valence-corrected chi connectivity index (χ3v) is 3.01. The fourth-order valence-electron chi connectivity index (χ4n) is 2.06. The van der Waals surface area contributed by atoms with Crippen LogP contribution in [-0.4, -0.2) is 16.9 Å². The highest BCUT2D eigenvalue weighted by Gasteiger charge is 2.05. The van der Waals surface area contributed by atoms with Crippen molar-refractivity contribution in [3.05, 3.63) is 47.8 Å². The summed E-state index contributed by atoms with van der Waals surface area (Å²) in [6.07, 6.45) is 1.85. The van der Waals surface area contributed by atoms with Gasteiger partial charge in [-0.05, 0) is 37.6 Å². The first-order chi connectivity index (χ1) is 9.20. The summed E-state index contributed by atoms with van der Waals surface area (Å²) in [5.41, 5.74) is 2.42. The largest absolute Gasteiger partial charge is 0.497 e. The second-order valence-corrected chi connectivity index (χ2v) is 4.82. The van der Waals surface area contributed by atoms with Gasteiger partial charge in [-0.15, -0.1) is 12.4 Å². The molecule has 0 aliphatic carbocycles. The van der Waals surface area contributed by atoms with E-state index in [0.29, 0.717) is 6.04 Å². The summed E-state index contributed by atoms with van der Waals surface area (Å²) in [7, 11) is 1.69. The van der Waals surface area contributed by atoms with Crippen molar-refractivity contribution in [2.75, 3.05) is 7.11 Å². The van der Waals surface area contributed by atoms with E-state index in [2.05, 4.69) is 36.4 Å². The Bertz CT molecular complexity index is 525. The molecule has 0 radical (unpaired) electrons. The molecule has 5 heteroatoms. The van der Waals surface area contributed by atoms with Gasteiger partial charge in [0.25, 0.3) is 0 Å². The highest BCUT2D eigenvalue weighted by molar-refractivity contribution is 5.85. The fraction of sp³-hybridized carbons (Fsp3) is 0.400. The molecule has 0 saturated heterocycles. The van der Waals surface area contributed by atoms with E-state index in [4.69, 9.17) is 4.74 Å². The van der Waals surface area contributed by atoms with E-state index < -0.39 is 0 Å². The van der Waals surface area contributed by atoms with Crippen LogP contribution >= 0.6 is 12.4 Å². The lowest BCUT2D eigenvalue weighted by Crippen LogP contribution is -2.17. The average Bonchev–Trinajstić information content (AvgIpc) is 2.87. The smallest absolute Gasteiger partial charge is 0.119 e. The molecule has 1 heterocycles. The number of ether oxygens (including phenoxy) is 1. The van der Waals surface area contributed by atoms with Gasteiger partial charge in [-0.1, -0.05) is 12.1 Å². The van der Waals surface area contributed by atoms with E-state index in [1.807, 2.05) is 29.1 Å². The van der Waals surface area contributed by atoms with Crippen molar-refractivity contribution in [3.63, 3.8) is 0 Å². The minimum absolute atomic E-state index is 0. The van der Waals surface area contributed by atoms with E-state index >= 15 is 0 Å². The number of hydrogen-bond donors (Lipinski definition) is 1. The molecule has 0 aliphatic heterocycles. The van der Waals surface area contributed by atoms with Crippen LogP contribution in [0.4, 0.5) is 0 Å². The Morgan fingerprint density at radius 2 is 2.05 bits per heavy atom. The Morgan fingerprint density at radius 1 is 1.25 bits per heavy atom. The van der Waals surface area contributed by atoms with Gasteiger partial charge in [-0.2, -0.15) is 5.10 Å². The zero-order valence-electron chi connectivity index (χ0n) is 12.2. The Morgan fingerprint density at radius 3 is 2.75 bits per heavy atom. The number of halogens is 1. The summed E-state index contributed by atoms with van der Waals surface area (Å²) in [5.74, 6) is 0.895. The normalized spacial score (nSPS) is 10.4. The third kappa shape index (κ3) is 4.25. The Kier molecular flexibility index (Phi) is 6.55. The molecule has 2 aromatic rings. The maximum atomic E-state index is 5.22. The summed E-state index contributed by atoms with van der Waals surface area (Å²) in [5, 5.41) is 7.76. The van der Waals surface area contributed by atoms with E-state index in [1.54, 1.807) is 7.11 Å². The van der Waals surface area contributed by atoms with E-state index in [1.165, 1.54) is 11.3 Å². The van der Waals surface area contributed by atoms with Crippen LogP contribution in [0, 0.1) is 0 Å². The minimum Gasteiger partial charge on any atom is -0.497 e. The molecule has 1 aromatic heterocycles. The number of methoxy groups -OCH3 is 1. The van der Waals surface area contributed by atoms with Gasteiger partial charge < -0.3 is 10.1 Å². The van der Waals surface area contributed by atoms with Gasteiger partial charge in [0, 0.05) is 25.3 Å². The summed E-state index contributed by atoms with van der Waals surface area (Å²) >= 11 is 0. The van der Waals surface area contributed by atoms with Crippen LogP contribution in [-0.2, 0) is 13.1 Å². The Hall–Kier alpha value is -1.52. The highest BCUT2D eigenvalue weighted by atomic mass is 35.5. The molecule has 0 amide bonds. The van der Waals surface area contributed by atoms with Gasteiger partial charge in [0.1, 0.15) is 5.75 Å². The second kappa shape index (κ2) is 7.92. The van der Waals surface area contributed by atoms with Crippen molar-refractivity contribution < 1.29 is 4.74 Å². The Balaban J connectivity index is 0.00000200. The molecule has 20 heavy (non-hydrogen) atoms. The standard InChI is InChI=1S/C15H21N3O.ClH/c1-12(2)18-14(7-8-17-18)11-16-10-13-5-4-6-15(9-13)19-3;/h4-9,12,16H,10-11H2,1-3H3;1H. The molecule has 0 fully saturated rings. The number of benzene rings is 1. The Labute approximate surface area is 126 Å². The number of nitrogens with one attached hydrogen (secondary N) is 1. The van der Waals surface area contributed by atoms with E-state index in [9.17, 15) is 0 Å². The number of rotatable bonds is 6. The molecule has 0 saturated carbocycles. The maximum Gasteiger partial charge on any atom is 0.119 e. The van der Waals surface area contributed by atoms with Crippen LogP contribution in [0.1, 0.15) is 31.1 Å². The zero-order valence-corrected chi connectivity index (χ0v) is 13.0. The SMILES string of the molecule is COc1cccc(CNCc2ccnn2C(C)C)c1.Cl. The van der Waals surface area contributed by atoms with Crippen molar-refractivity contribution in [1.82, 2.24) is 15.1 Å². The van der Waals surface area contributed by atoms with Gasteiger partial charge in [-0.25, -0.2) is 0 Å². The van der Waals surface area contributed by atoms with E-state index in [0.717, 1.165) is 18.8 Å².